The summed E-state index contributed by atoms with van der Waals surface area (Å²) in [5.74, 6) is 0.867. The number of ketones is 1. The highest BCUT2D eigenvalue weighted by molar-refractivity contribution is 7.99. The summed E-state index contributed by atoms with van der Waals surface area (Å²) in [6.07, 6.45) is 0. The molecule has 0 aliphatic rings. The molecule has 0 amide bonds. The summed E-state index contributed by atoms with van der Waals surface area (Å²) >= 11 is 1.31. The second kappa shape index (κ2) is 7.27. The highest BCUT2D eigenvalue weighted by Crippen LogP contribution is 2.24. The molecule has 0 aliphatic heterocycles. The number of nitro groups is 1. The third kappa shape index (κ3) is 3.74. The zero-order valence-corrected chi connectivity index (χ0v) is 14.1. The van der Waals surface area contributed by atoms with Crippen molar-refractivity contribution in [2.75, 3.05) is 5.75 Å². The number of non-ortho nitro benzene ring substituents is 1. The van der Waals surface area contributed by atoms with Crippen LogP contribution in [0.3, 0.4) is 0 Å². The van der Waals surface area contributed by atoms with E-state index in [0.717, 1.165) is 5.56 Å². The number of hydrogen-bond acceptors (Lipinski definition) is 6. The van der Waals surface area contributed by atoms with E-state index in [2.05, 4.69) is 10.2 Å². The van der Waals surface area contributed by atoms with Gasteiger partial charge in [0.15, 0.2) is 16.8 Å². The molecule has 0 unspecified atom stereocenters. The molecule has 0 aliphatic carbocycles. The first-order chi connectivity index (χ1) is 12.1. The van der Waals surface area contributed by atoms with Crippen LogP contribution in [0.2, 0.25) is 0 Å². The first-order valence-electron chi connectivity index (χ1n) is 7.41. The lowest BCUT2D eigenvalue weighted by molar-refractivity contribution is -0.384. The van der Waals surface area contributed by atoms with Gasteiger partial charge in [0, 0.05) is 30.3 Å². The summed E-state index contributed by atoms with van der Waals surface area (Å²) in [6, 6.07) is 15.2. The van der Waals surface area contributed by atoms with Crippen LogP contribution in [0.1, 0.15) is 10.4 Å². The molecule has 7 nitrogen and oxygen atoms in total. The predicted octanol–water partition coefficient (Wildman–Crippen LogP) is 3.37. The molecule has 0 atom stereocenters. The van der Waals surface area contributed by atoms with Gasteiger partial charge in [-0.3, -0.25) is 14.9 Å². The van der Waals surface area contributed by atoms with E-state index in [9.17, 15) is 14.9 Å². The molecule has 0 bridgehead atoms. The molecule has 1 heterocycles. The van der Waals surface area contributed by atoms with Crippen LogP contribution in [0, 0.1) is 10.1 Å². The van der Waals surface area contributed by atoms with E-state index in [-0.39, 0.29) is 17.2 Å². The molecule has 25 heavy (non-hydrogen) atoms. The summed E-state index contributed by atoms with van der Waals surface area (Å²) in [5.41, 5.74) is 1.41. The fourth-order valence-corrected chi connectivity index (χ4v) is 3.07. The molecule has 0 spiro atoms. The average Bonchev–Trinajstić information content (AvgIpc) is 3.01. The van der Waals surface area contributed by atoms with E-state index >= 15 is 0 Å². The van der Waals surface area contributed by atoms with Crippen LogP contribution >= 0.6 is 11.8 Å². The van der Waals surface area contributed by atoms with Crippen LogP contribution < -0.4 is 0 Å². The zero-order chi connectivity index (χ0) is 17.8. The van der Waals surface area contributed by atoms with Crippen LogP contribution in [0.4, 0.5) is 5.69 Å². The first-order valence-corrected chi connectivity index (χ1v) is 8.40. The molecule has 126 valence electrons. The number of thioether (sulfide) groups is 1. The third-order valence-corrected chi connectivity index (χ3v) is 4.62. The Morgan fingerprint density at radius 3 is 2.44 bits per heavy atom. The molecule has 0 saturated heterocycles. The van der Waals surface area contributed by atoms with Crippen LogP contribution in [-0.2, 0) is 7.05 Å². The smallest absolute Gasteiger partial charge is 0.269 e. The molecule has 0 radical (unpaired) electrons. The van der Waals surface area contributed by atoms with Gasteiger partial charge in [-0.2, -0.15) is 0 Å². The van der Waals surface area contributed by atoms with Gasteiger partial charge in [-0.15, -0.1) is 10.2 Å². The largest absolute Gasteiger partial charge is 0.305 e. The Morgan fingerprint density at radius 1 is 1.12 bits per heavy atom. The van der Waals surface area contributed by atoms with E-state index in [4.69, 9.17) is 0 Å². The van der Waals surface area contributed by atoms with E-state index in [0.29, 0.717) is 16.5 Å². The van der Waals surface area contributed by atoms with Crippen molar-refractivity contribution in [3.05, 3.63) is 70.3 Å². The number of aromatic nitrogens is 3. The molecule has 3 rings (SSSR count). The number of Topliss-reactive ketones (excluding diaryl/α,β-unsaturated/α-hetero) is 1. The maximum Gasteiger partial charge on any atom is 0.269 e. The summed E-state index contributed by atoms with van der Waals surface area (Å²) < 4.78 is 1.77. The van der Waals surface area contributed by atoms with Gasteiger partial charge in [-0.25, -0.2) is 0 Å². The van der Waals surface area contributed by atoms with Gasteiger partial charge in [0.1, 0.15) is 0 Å². The standard InChI is InChI=1S/C17H14N4O3S/c1-20-16(13-7-9-14(10-8-13)21(23)24)18-19-17(20)25-11-15(22)12-5-3-2-4-6-12/h2-10H,11H2,1H3. The van der Waals surface area contributed by atoms with Gasteiger partial charge >= 0.3 is 0 Å². The van der Waals surface area contributed by atoms with Gasteiger partial charge in [0.25, 0.3) is 5.69 Å². The Bertz CT molecular complexity index is 907. The monoisotopic (exact) mass is 354 g/mol. The van der Waals surface area contributed by atoms with E-state index < -0.39 is 4.92 Å². The van der Waals surface area contributed by atoms with Crippen molar-refractivity contribution in [3.63, 3.8) is 0 Å². The maximum absolute atomic E-state index is 12.2. The highest BCUT2D eigenvalue weighted by atomic mass is 32.2. The summed E-state index contributed by atoms with van der Waals surface area (Å²) in [7, 11) is 1.80. The number of benzene rings is 2. The Hall–Kier alpha value is -3.00. The second-order valence-electron chi connectivity index (χ2n) is 5.25. The van der Waals surface area contributed by atoms with Crippen molar-refractivity contribution in [2.24, 2.45) is 7.05 Å². The van der Waals surface area contributed by atoms with Gasteiger partial charge < -0.3 is 4.57 Å². The van der Waals surface area contributed by atoms with Crippen molar-refractivity contribution in [1.82, 2.24) is 14.8 Å². The quantitative estimate of drug-likeness (QED) is 0.292. The molecule has 1 aromatic heterocycles. The Labute approximate surface area is 147 Å². The third-order valence-electron chi connectivity index (χ3n) is 3.60. The summed E-state index contributed by atoms with van der Waals surface area (Å²) in [6.45, 7) is 0. The normalized spacial score (nSPS) is 10.6. The van der Waals surface area contributed by atoms with E-state index in [1.165, 1.54) is 23.9 Å². The topological polar surface area (TPSA) is 90.9 Å². The van der Waals surface area contributed by atoms with E-state index in [1.54, 1.807) is 35.9 Å². The van der Waals surface area contributed by atoms with Crippen molar-refractivity contribution in [1.29, 1.82) is 0 Å². The SMILES string of the molecule is Cn1c(SCC(=O)c2ccccc2)nnc1-c1ccc([N+](=O)[O-])cc1. The maximum atomic E-state index is 12.2. The number of hydrogen-bond donors (Lipinski definition) is 0. The van der Waals surface area contributed by atoms with Crippen LogP contribution in [0.25, 0.3) is 11.4 Å². The highest BCUT2D eigenvalue weighted by Gasteiger charge is 2.14. The Balaban J connectivity index is 1.73. The van der Waals surface area contributed by atoms with Gasteiger partial charge in [-0.1, -0.05) is 42.1 Å². The number of carbonyl (C=O) groups excluding carboxylic acids is 1. The number of rotatable bonds is 6. The molecule has 0 fully saturated rings. The molecule has 8 heteroatoms. The van der Waals surface area contributed by atoms with Crippen molar-refractivity contribution in [2.45, 2.75) is 5.16 Å². The predicted molar refractivity (Wildman–Crippen MR) is 94.6 cm³/mol. The first kappa shape index (κ1) is 16.8. The summed E-state index contributed by atoms with van der Waals surface area (Å²) in [4.78, 5) is 22.4. The zero-order valence-electron chi connectivity index (χ0n) is 13.3. The lowest BCUT2D eigenvalue weighted by Gasteiger charge is -2.04. The molecular weight excluding hydrogens is 340 g/mol. The number of nitrogens with zero attached hydrogens (tertiary/aromatic N) is 4. The molecule has 2 aromatic carbocycles. The molecular formula is C17H14N4O3S. The van der Waals surface area contributed by atoms with Crippen molar-refractivity contribution in [3.8, 4) is 11.4 Å². The van der Waals surface area contributed by atoms with Crippen LogP contribution in [0.15, 0.2) is 59.8 Å². The minimum absolute atomic E-state index is 0.0190. The fourth-order valence-electron chi connectivity index (χ4n) is 2.26. The molecule has 0 N–H and O–H groups in total. The lowest BCUT2D eigenvalue weighted by atomic mass is 10.2. The van der Waals surface area contributed by atoms with Crippen molar-refractivity contribution >= 4 is 23.2 Å². The minimum atomic E-state index is -0.447. The van der Waals surface area contributed by atoms with Gasteiger partial charge in [0.05, 0.1) is 10.7 Å². The Kier molecular flexibility index (Phi) is 4.90. The minimum Gasteiger partial charge on any atom is -0.305 e. The lowest BCUT2D eigenvalue weighted by Crippen LogP contribution is -2.03. The average molecular weight is 354 g/mol. The van der Waals surface area contributed by atoms with Gasteiger partial charge in [0.2, 0.25) is 0 Å². The van der Waals surface area contributed by atoms with Gasteiger partial charge in [-0.05, 0) is 12.1 Å². The fraction of sp³-hybridized carbons (Fsp3) is 0.118. The second-order valence-corrected chi connectivity index (χ2v) is 6.19. The van der Waals surface area contributed by atoms with Crippen LogP contribution in [-0.4, -0.2) is 31.2 Å². The molecule has 3 aromatic rings. The molecule has 0 saturated carbocycles. The number of carbonyl (C=O) groups is 1. The Morgan fingerprint density at radius 2 is 1.80 bits per heavy atom. The van der Waals surface area contributed by atoms with Crippen LogP contribution in [0.5, 0.6) is 0 Å². The summed E-state index contributed by atoms with van der Waals surface area (Å²) in [5, 5.41) is 19.6. The number of nitro benzene ring substituents is 1. The van der Waals surface area contributed by atoms with E-state index in [1.807, 2.05) is 18.2 Å². The van der Waals surface area contributed by atoms with Crippen molar-refractivity contribution < 1.29 is 9.72 Å².